The number of nitrogens with one attached hydrogen (secondary N) is 1. The molecule has 1 aliphatic heterocycles. The van der Waals surface area contributed by atoms with Crippen molar-refractivity contribution >= 4 is 34.5 Å². The van der Waals surface area contributed by atoms with Gasteiger partial charge in [-0.1, -0.05) is 6.07 Å². The number of ether oxygens (including phenoxy) is 1. The molecule has 1 saturated carbocycles. The zero-order valence-corrected chi connectivity index (χ0v) is 17.0. The first kappa shape index (κ1) is 19.7. The van der Waals surface area contributed by atoms with Crippen LogP contribution in [0, 0.1) is 11.3 Å². The summed E-state index contributed by atoms with van der Waals surface area (Å²) in [5, 5.41) is 12.6. The normalized spacial score (nSPS) is 19.7. The second-order valence-corrected chi connectivity index (χ2v) is 8.21. The van der Waals surface area contributed by atoms with E-state index in [4.69, 9.17) is 10.00 Å². The molecule has 0 radical (unpaired) electrons. The van der Waals surface area contributed by atoms with Gasteiger partial charge in [0.2, 0.25) is 5.91 Å². The second kappa shape index (κ2) is 8.01. The Labute approximate surface area is 173 Å². The number of hydrogen-bond donors (Lipinski definition) is 1. The van der Waals surface area contributed by atoms with Crippen molar-refractivity contribution in [3.8, 4) is 6.07 Å². The number of carbonyl (C=O) groups is 2. The topological polar surface area (TPSA) is 95.3 Å². The molecule has 8 heteroatoms. The summed E-state index contributed by atoms with van der Waals surface area (Å²) in [5.41, 5.74) is 2.00. The van der Waals surface area contributed by atoms with Gasteiger partial charge in [-0.05, 0) is 43.5 Å². The zero-order chi connectivity index (χ0) is 20.4. The lowest BCUT2D eigenvalue weighted by molar-refractivity contribution is -0.129. The van der Waals surface area contributed by atoms with Gasteiger partial charge in [0.15, 0.2) is 0 Å². The highest BCUT2D eigenvalue weighted by molar-refractivity contribution is 7.99. The molecule has 29 heavy (non-hydrogen) atoms. The molecule has 2 aliphatic rings. The molecule has 1 N–H and O–H groups in total. The van der Waals surface area contributed by atoms with Gasteiger partial charge in [-0.3, -0.25) is 14.6 Å². The molecule has 2 heterocycles. The number of thioether (sulfide) groups is 1. The molecule has 1 saturated heterocycles. The van der Waals surface area contributed by atoms with Crippen LogP contribution in [0.1, 0.15) is 35.7 Å². The third-order valence-corrected chi connectivity index (χ3v) is 6.40. The molecule has 2 aromatic rings. The monoisotopic (exact) mass is 410 g/mol. The number of hydrogen-bond acceptors (Lipinski definition) is 6. The fraction of sp³-hybridized carbons (Fsp3) is 0.429. The van der Waals surface area contributed by atoms with E-state index < -0.39 is 6.04 Å². The lowest BCUT2D eigenvalue weighted by Crippen LogP contribution is -2.42. The average Bonchev–Trinajstić information content (AvgIpc) is 3.37. The Balaban J connectivity index is 1.53. The van der Waals surface area contributed by atoms with E-state index in [0.29, 0.717) is 23.8 Å². The fourth-order valence-corrected chi connectivity index (χ4v) is 4.79. The predicted molar refractivity (Wildman–Crippen MR) is 110 cm³/mol. The molecule has 1 aliphatic carbocycles. The number of carbonyl (C=O) groups excluding carboxylic acids is 2. The summed E-state index contributed by atoms with van der Waals surface area (Å²) in [7, 11) is 0. The van der Waals surface area contributed by atoms with Crippen LogP contribution in [0.2, 0.25) is 0 Å². The molecule has 7 nitrogen and oxygen atoms in total. The summed E-state index contributed by atoms with van der Waals surface area (Å²) < 4.78 is 5.93. The van der Waals surface area contributed by atoms with Crippen LogP contribution in [0.3, 0.4) is 0 Å². The number of benzene rings is 1. The molecule has 1 atom stereocenters. The van der Waals surface area contributed by atoms with Gasteiger partial charge in [-0.25, -0.2) is 0 Å². The first-order chi connectivity index (χ1) is 14.1. The van der Waals surface area contributed by atoms with Crippen molar-refractivity contribution in [1.82, 2.24) is 15.2 Å². The van der Waals surface area contributed by atoms with Crippen molar-refractivity contribution in [2.75, 3.05) is 24.8 Å². The molecular formula is C21H22N4O3S. The number of rotatable bonds is 6. The Morgan fingerprint density at radius 1 is 1.41 bits per heavy atom. The molecule has 1 aromatic heterocycles. The summed E-state index contributed by atoms with van der Waals surface area (Å²) in [4.78, 5) is 31.1. The van der Waals surface area contributed by atoms with Crippen molar-refractivity contribution < 1.29 is 14.3 Å². The highest BCUT2D eigenvalue weighted by Crippen LogP contribution is 2.49. The van der Waals surface area contributed by atoms with Crippen molar-refractivity contribution in [3.05, 3.63) is 41.6 Å². The van der Waals surface area contributed by atoms with Crippen molar-refractivity contribution in [3.63, 3.8) is 0 Å². The maximum Gasteiger partial charge on any atom is 0.252 e. The Bertz CT molecular complexity index is 999. The lowest BCUT2D eigenvalue weighted by Gasteiger charge is -2.19. The van der Waals surface area contributed by atoms with Crippen LogP contribution in [-0.4, -0.2) is 52.5 Å². The van der Waals surface area contributed by atoms with Crippen molar-refractivity contribution in [2.24, 2.45) is 0 Å². The third-order valence-electron chi connectivity index (χ3n) is 5.39. The van der Waals surface area contributed by atoms with Crippen LogP contribution >= 0.6 is 11.8 Å². The van der Waals surface area contributed by atoms with E-state index in [9.17, 15) is 9.59 Å². The van der Waals surface area contributed by atoms with Crippen LogP contribution < -0.4 is 5.32 Å². The van der Waals surface area contributed by atoms with Gasteiger partial charge < -0.3 is 15.0 Å². The minimum Gasteiger partial charge on any atom is -0.371 e. The standard InChI is InChI=1S/C21H22N4O3S/c1-2-28-21(6-7-21)14-3-4-18-17(9-14)16(5-8-23-18)20(27)24-11-19(26)25-13-29-12-15(25)10-22/h3-5,8-9,15H,2,6-7,11-13H2,1H3,(H,24,27)/t15-/m1/s1. The molecule has 4 rings (SSSR count). The van der Waals surface area contributed by atoms with E-state index >= 15 is 0 Å². The molecule has 150 valence electrons. The van der Waals surface area contributed by atoms with Crippen molar-refractivity contribution in [2.45, 2.75) is 31.4 Å². The zero-order valence-electron chi connectivity index (χ0n) is 16.2. The molecule has 0 spiro atoms. The predicted octanol–water partition coefficient (Wildman–Crippen LogP) is 2.42. The minimum absolute atomic E-state index is 0.135. The summed E-state index contributed by atoms with van der Waals surface area (Å²) in [6.45, 7) is 2.48. The summed E-state index contributed by atoms with van der Waals surface area (Å²) in [6.07, 6.45) is 3.53. The van der Waals surface area contributed by atoms with Crippen LogP contribution in [0.5, 0.6) is 0 Å². The maximum absolute atomic E-state index is 12.8. The van der Waals surface area contributed by atoms with Gasteiger partial charge in [-0.15, -0.1) is 11.8 Å². The van der Waals surface area contributed by atoms with Gasteiger partial charge in [0, 0.05) is 23.9 Å². The summed E-state index contributed by atoms with van der Waals surface area (Å²) >= 11 is 1.54. The van der Waals surface area contributed by atoms with Gasteiger partial charge in [0.05, 0.1) is 35.2 Å². The van der Waals surface area contributed by atoms with Gasteiger partial charge in [-0.2, -0.15) is 5.26 Å². The number of nitrogens with zero attached hydrogens (tertiary/aromatic N) is 3. The van der Waals surface area contributed by atoms with E-state index in [1.807, 2.05) is 25.1 Å². The van der Waals surface area contributed by atoms with Gasteiger partial charge in [0.1, 0.15) is 6.04 Å². The van der Waals surface area contributed by atoms with E-state index in [0.717, 1.165) is 29.3 Å². The van der Waals surface area contributed by atoms with E-state index in [1.54, 1.807) is 12.3 Å². The molecular weight excluding hydrogens is 388 g/mol. The molecule has 2 amide bonds. The quantitative estimate of drug-likeness (QED) is 0.786. The minimum atomic E-state index is -0.429. The SMILES string of the molecule is CCOC1(c2ccc3nccc(C(=O)NCC(=O)N4CSC[C@H]4C#N)c3c2)CC1. The average molecular weight is 410 g/mol. The molecule has 2 fully saturated rings. The summed E-state index contributed by atoms with van der Waals surface area (Å²) in [6, 6.07) is 9.25. The van der Waals surface area contributed by atoms with E-state index in [-0.39, 0.29) is 24.0 Å². The largest absolute Gasteiger partial charge is 0.371 e. The lowest BCUT2D eigenvalue weighted by atomic mass is 10.0. The molecule has 1 aromatic carbocycles. The van der Waals surface area contributed by atoms with E-state index in [1.165, 1.54) is 16.7 Å². The van der Waals surface area contributed by atoms with Crippen LogP contribution in [0.25, 0.3) is 10.9 Å². The van der Waals surface area contributed by atoms with Crippen LogP contribution in [0.4, 0.5) is 0 Å². The van der Waals surface area contributed by atoms with Crippen LogP contribution in [-0.2, 0) is 15.1 Å². The highest BCUT2D eigenvalue weighted by Gasteiger charge is 2.45. The maximum atomic E-state index is 12.8. The van der Waals surface area contributed by atoms with E-state index in [2.05, 4.69) is 16.4 Å². The van der Waals surface area contributed by atoms with Gasteiger partial charge in [0.25, 0.3) is 5.91 Å². The number of fused-ring (bicyclic) bond motifs is 1. The Kier molecular flexibility index (Phi) is 5.43. The third kappa shape index (κ3) is 3.80. The Morgan fingerprint density at radius 3 is 2.97 bits per heavy atom. The Hall–Kier alpha value is -2.63. The Morgan fingerprint density at radius 2 is 2.24 bits per heavy atom. The second-order valence-electron chi connectivity index (χ2n) is 7.21. The van der Waals surface area contributed by atoms with Crippen LogP contribution in [0.15, 0.2) is 30.5 Å². The first-order valence-electron chi connectivity index (χ1n) is 9.66. The van der Waals surface area contributed by atoms with Crippen molar-refractivity contribution in [1.29, 1.82) is 5.26 Å². The number of nitriles is 1. The number of amides is 2. The number of pyridine rings is 1. The molecule has 0 bridgehead atoms. The fourth-order valence-electron chi connectivity index (χ4n) is 3.68. The summed E-state index contributed by atoms with van der Waals surface area (Å²) in [5.74, 6) is 0.510. The first-order valence-corrected chi connectivity index (χ1v) is 10.8. The van der Waals surface area contributed by atoms with Gasteiger partial charge >= 0.3 is 0 Å². The highest BCUT2D eigenvalue weighted by atomic mass is 32.2. The number of aromatic nitrogens is 1. The molecule has 0 unspecified atom stereocenters. The smallest absolute Gasteiger partial charge is 0.252 e.